The first-order valence-corrected chi connectivity index (χ1v) is 10.1. The summed E-state index contributed by atoms with van der Waals surface area (Å²) in [4.78, 5) is 12.0. The van der Waals surface area contributed by atoms with Gasteiger partial charge in [0.2, 0.25) is 0 Å². The van der Waals surface area contributed by atoms with E-state index in [2.05, 4.69) is 24.7 Å². The molecule has 0 aromatic heterocycles. The molecule has 0 spiro atoms. The van der Waals surface area contributed by atoms with Crippen molar-refractivity contribution >= 4 is 19.7 Å². The molecule has 0 aliphatic rings. The van der Waals surface area contributed by atoms with E-state index in [0.29, 0.717) is 12.8 Å². The quantitative estimate of drug-likeness (QED) is 0.453. The molecule has 19 heavy (non-hydrogen) atoms. The van der Waals surface area contributed by atoms with Crippen LogP contribution in [0.15, 0.2) is 35.4 Å². The maximum absolute atomic E-state index is 12.0. The first-order chi connectivity index (χ1) is 8.79. The summed E-state index contributed by atoms with van der Waals surface area (Å²) in [5, 5.41) is 4.52. The van der Waals surface area contributed by atoms with E-state index in [0.717, 1.165) is 11.3 Å². The van der Waals surface area contributed by atoms with Gasteiger partial charge in [0.15, 0.2) is 8.24 Å². The maximum Gasteiger partial charge on any atom is 0.168 e. The van der Waals surface area contributed by atoms with Gasteiger partial charge in [-0.2, -0.15) is 5.10 Å². The zero-order chi connectivity index (χ0) is 14.5. The van der Waals surface area contributed by atoms with Crippen molar-refractivity contribution in [2.75, 3.05) is 7.05 Å². The Bertz CT molecular complexity index is 449. The molecule has 0 aliphatic heterocycles. The van der Waals surface area contributed by atoms with Crippen LogP contribution in [0.4, 0.5) is 0 Å². The normalized spacial score (nSPS) is 12.4. The van der Waals surface area contributed by atoms with Crippen LogP contribution in [0.1, 0.15) is 18.9 Å². The summed E-state index contributed by atoms with van der Waals surface area (Å²) in [6.45, 7) is 8.63. The highest BCUT2D eigenvalue weighted by atomic mass is 28.3. The van der Waals surface area contributed by atoms with Crippen LogP contribution in [0.25, 0.3) is 0 Å². The number of hydrogen-bond acceptors (Lipinski definition) is 3. The SMILES string of the molecule is CC(CC(=O)Cc1ccccc1)=NN(C)[Si](C)(C)C. The van der Waals surface area contributed by atoms with Gasteiger partial charge in [-0.15, -0.1) is 0 Å². The third kappa shape index (κ3) is 5.83. The fraction of sp³-hybridized carbons (Fsp3) is 0.467. The fourth-order valence-corrected chi connectivity index (χ4v) is 2.08. The topological polar surface area (TPSA) is 32.7 Å². The second kappa shape index (κ2) is 6.66. The highest BCUT2D eigenvalue weighted by Gasteiger charge is 2.19. The van der Waals surface area contributed by atoms with Gasteiger partial charge in [-0.1, -0.05) is 50.0 Å². The minimum absolute atomic E-state index is 0.219. The molecule has 0 amide bonds. The smallest absolute Gasteiger partial charge is 0.168 e. The number of carbonyl (C=O) groups excluding carboxylic acids is 1. The second-order valence-electron chi connectivity index (χ2n) is 5.91. The molecule has 1 aromatic rings. The van der Waals surface area contributed by atoms with Crippen LogP contribution in [0.3, 0.4) is 0 Å². The summed E-state index contributed by atoms with van der Waals surface area (Å²) >= 11 is 0. The molecule has 0 radical (unpaired) electrons. The molecule has 0 heterocycles. The summed E-state index contributed by atoms with van der Waals surface area (Å²) in [5.74, 6) is 0.219. The van der Waals surface area contributed by atoms with Crippen molar-refractivity contribution in [1.82, 2.24) is 4.67 Å². The predicted molar refractivity (Wildman–Crippen MR) is 84.0 cm³/mol. The van der Waals surface area contributed by atoms with Crippen LogP contribution >= 0.6 is 0 Å². The second-order valence-corrected chi connectivity index (χ2v) is 10.9. The van der Waals surface area contributed by atoms with Gasteiger partial charge in [-0.05, 0) is 12.5 Å². The summed E-state index contributed by atoms with van der Waals surface area (Å²) in [7, 11) is 0.583. The minimum atomic E-state index is -1.41. The first-order valence-electron chi connectivity index (χ1n) is 6.62. The van der Waals surface area contributed by atoms with Crippen LogP contribution in [0.5, 0.6) is 0 Å². The number of hydrazone groups is 1. The lowest BCUT2D eigenvalue weighted by Gasteiger charge is -2.27. The van der Waals surface area contributed by atoms with Gasteiger partial charge < -0.3 is 4.67 Å². The summed E-state index contributed by atoms with van der Waals surface area (Å²) in [6, 6.07) is 9.85. The third-order valence-electron chi connectivity index (χ3n) is 2.99. The van der Waals surface area contributed by atoms with Crippen LogP contribution < -0.4 is 0 Å². The molecule has 0 fully saturated rings. The number of benzene rings is 1. The van der Waals surface area contributed by atoms with E-state index in [-0.39, 0.29) is 5.78 Å². The van der Waals surface area contributed by atoms with E-state index in [1.807, 2.05) is 49.0 Å². The van der Waals surface area contributed by atoms with Crippen LogP contribution in [0, 0.1) is 0 Å². The lowest BCUT2D eigenvalue weighted by atomic mass is 10.1. The molecule has 4 heteroatoms. The van der Waals surface area contributed by atoms with Gasteiger partial charge in [0.05, 0.1) is 0 Å². The van der Waals surface area contributed by atoms with Crippen molar-refractivity contribution in [3.8, 4) is 0 Å². The lowest BCUT2D eigenvalue weighted by molar-refractivity contribution is -0.117. The molecule has 1 aromatic carbocycles. The van der Waals surface area contributed by atoms with Crippen molar-refractivity contribution in [3.63, 3.8) is 0 Å². The number of hydrogen-bond donors (Lipinski definition) is 0. The lowest BCUT2D eigenvalue weighted by Crippen LogP contribution is -2.39. The van der Waals surface area contributed by atoms with Crippen molar-refractivity contribution in [2.24, 2.45) is 5.10 Å². The minimum Gasteiger partial charge on any atom is -0.328 e. The summed E-state index contributed by atoms with van der Waals surface area (Å²) in [6.07, 6.45) is 0.925. The molecule has 0 unspecified atom stereocenters. The number of ketones is 1. The zero-order valence-corrected chi connectivity index (χ0v) is 13.6. The highest BCUT2D eigenvalue weighted by molar-refractivity contribution is 6.73. The zero-order valence-electron chi connectivity index (χ0n) is 12.6. The van der Waals surface area contributed by atoms with Gasteiger partial charge in [0, 0.05) is 25.6 Å². The number of Topliss-reactive ketones (excluding diaryl/α,β-unsaturated/α-hetero) is 1. The van der Waals surface area contributed by atoms with Crippen LogP contribution in [-0.2, 0) is 11.2 Å². The molecular formula is C15H24N2OSi. The molecule has 3 nitrogen and oxygen atoms in total. The van der Waals surface area contributed by atoms with Gasteiger partial charge in [-0.25, -0.2) is 0 Å². The first kappa shape index (κ1) is 15.6. The number of carbonyl (C=O) groups is 1. The molecule has 0 saturated heterocycles. The fourth-order valence-electron chi connectivity index (χ4n) is 1.61. The van der Waals surface area contributed by atoms with Crippen molar-refractivity contribution in [2.45, 2.75) is 39.4 Å². The van der Waals surface area contributed by atoms with Gasteiger partial charge in [0.1, 0.15) is 5.78 Å². The van der Waals surface area contributed by atoms with Crippen molar-refractivity contribution in [3.05, 3.63) is 35.9 Å². The summed E-state index contributed by atoms with van der Waals surface area (Å²) < 4.78 is 2.04. The molecule has 0 bridgehead atoms. The van der Waals surface area contributed by atoms with E-state index >= 15 is 0 Å². The Morgan fingerprint density at radius 2 is 1.79 bits per heavy atom. The number of rotatable bonds is 6. The molecule has 1 rings (SSSR count). The Labute approximate surface area is 117 Å². The van der Waals surface area contributed by atoms with E-state index in [4.69, 9.17) is 0 Å². The Morgan fingerprint density at radius 3 is 2.32 bits per heavy atom. The molecule has 0 aliphatic carbocycles. The Morgan fingerprint density at radius 1 is 1.21 bits per heavy atom. The Balaban J connectivity index is 2.55. The van der Waals surface area contributed by atoms with E-state index in [1.54, 1.807) is 0 Å². The van der Waals surface area contributed by atoms with Gasteiger partial charge in [-0.3, -0.25) is 4.79 Å². The largest absolute Gasteiger partial charge is 0.328 e. The van der Waals surface area contributed by atoms with Gasteiger partial charge in [0.25, 0.3) is 0 Å². The standard InChI is InChI=1S/C15H24N2OSi/c1-13(16-17(2)19(3,4)5)11-15(18)12-14-9-7-6-8-10-14/h6-10H,11-12H2,1-5H3. The average molecular weight is 276 g/mol. The molecular weight excluding hydrogens is 252 g/mol. The van der Waals surface area contributed by atoms with E-state index < -0.39 is 8.24 Å². The third-order valence-corrected chi connectivity index (χ3v) is 5.03. The average Bonchev–Trinajstić information content (AvgIpc) is 2.28. The summed E-state index contributed by atoms with van der Waals surface area (Å²) in [5.41, 5.74) is 1.96. The molecule has 104 valence electrons. The van der Waals surface area contributed by atoms with Crippen molar-refractivity contribution in [1.29, 1.82) is 0 Å². The van der Waals surface area contributed by atoms with Gasteiger partial charge >= 0.3 is 0 Å². The van der Waals surface area contributed by atoms with E-state index in [9.17, 15) is 4.79 Å². The monoisotopic (exact) mass is 276 g/mol. The Kier molecular flexibility index (Phi) is 5.48. The molecule has 0 N–H and O–H groups in total. The predicted octanol–water partition coefficient (Wildman–Crippen LogP) is 3.33. The van der Waals surface area contributed by atoms with Crippen molar-refractivity contribution < 1.29 is 4.79 Å². The Hall–Kier alpha value is -1.42. The van der Waals surface area contributed by atoms with E-state index in [1.165, 1.54) is 0 Å². The highest BCUT2D eigenvalue weighted by Crippen LogP contribution is 2.08. The molecule has 0 atom stereocenters. The van der Waals surface area contributed by atoms with Crippen LogP contribution in [0.2, 0.25) is 19.6 Å². The van der Waals surface area contributed by atoms with Crippen LogP contribution in [-0.4, -0.2) is 31.5 Å². The number of nitrogens with zero attached hydrogens (tertiary/aromatic N) is 2. The molecule has 0 saturated carbocycles. The maximum atomic E-state index is 12.0.